The molecule has 0 aromatic carbocycles. The average Bonchev–Trinajstić information content (AvgIpc) is 3.32. The van der Waals surface area contributed by atoms with E-state index in [-0.39, 0.29) is 0 Å². The summed E-state index contributed by atoms with van der Waals surface area (Å²) in [5.74, 6) is 0.635. The topological polar surface area (TPSA) is 80.2 Å². The molecule has 3 aromatic heterocycles. The highest BCUT2D eigenvalue weighted by molar-refractivity contribution is 5.75. The van der Waals surface area contributed by atoms with E-state index in [1.54, 1.807) is 17.8 Å². The van der Waals surface area contributed by atoms with Gasteiger partial charge in [0.25, 0.3) is 0 Å². The van der Waals surface area contributed by atoms with E-state index in [1.165, 1.54) is 0 Å². The van der Waals surface area contributed by atoms with Gasteiger partial charge in [0.1, 0.15) is 22.9 Å². The van der Waals surface area contributed by atoms with Gasteiger partial charge in [0, 0.05) is 29.6 Å². The molecule has 1 aliphatic heterocycles. The van der Waals surface area contributed by atoms with Gasteiger partial charge < -0.3 is 10.1 Å². The number of rotatable bonds is 3. The fraction of sp³-hybridized carbons (Fsp3) is 0.353. The Hall–Kier alpha value is -2.85. The van der Waals surface area contributed by atoms with Gasteiger partial charge in [-0.3, -0.25) is 4.68 Å². The summed E-state index contributed by atoms with van der Waals surface area (Å²) in [5, 5.41) is 21.5. The maximum absolute atomic E-state index is 9.22. The molecule has 0 radical (unpaired) electrons. The molecule has 4 heterocycles. The average molecular weight is 322 g/mol. The summed E-state index contributed by atoms with van der Waals surface area (Å²) in [5.41, 5.74) is 4.34. The molecule has 1 aliphatic rings. The Morgan fingerprint density at radius 3 is 2.96 bits per heavy atom. The van der Waals surface area contributed by atoms with Crippen LogP contribution in [0.15, 0.2) is 24.7 Å². The number of fused-ring (bicyclic) bond motifs is 1. The van der Waals surface area contributed by atoms with Crippen molar-refractivity contribution in [3.63, 3.8) is 0 Å². The molecule has 7 nitrogen and oxygen atoms in total. The first-order valence-electron chi connectivity index (χ1n) is 7.93. The summed E-state index contributed by atoms with van der Waals surface area (Å²) in [6.45, 7) is 4.07. The van der Waals surface area contributed by atoms with Gasteiger partial charge in [0.15, 0.2) is 0 Å². The summed E-state index contributed by atoms with van der Waals surface area (Å²) in [7, 11) is 1.60. The highest BCUT2D eigenvalue weighted by Crippen LogP contribution is 2.32. The largest absolute Gasteiger partial charge is 0.494 e. The lowest BCUT2D eigenvalue weighted by atomic mass is 10.1. The summed E-state index contributed by atoms with van der Waals surface area (Å²) >= 11 is 0. The Morgan fingerprint density at radius 2 is 2.25 bits per heavy atom. The third kappa shape index (κ3) is 2.15. The smallest absolute Gasteiger partial charge is 0.146 e. The molecule has 0 spiro atoms. The van der Waals surface area contributed by atoms with Crippen molar-refractivity contribution in [1.82, 2.24) is 24.7 Å². The first kappa shape index (κ1) is 14.7. The van der Waals surface area contributed by atoms with Crippen LogP contribution in [0.1, 0.15) is 23.7 Å². The molecule has 1 fully saturated rings. The van der Waals surface area contributed by atoms with Crippen molar-refractivity contribution in [2.24, 2.45) is 0 Å². The molecule has 0 unspecified atom stereocenters. The Balaban J connectivity index is 1.84. The molecule has 3 aromatic rings. The van der Waals surface area contributed by atoms with Crippen molar-refractivity contribution in [3.05, 3.63) is 35.9 Å². The third-order valence-electron chi connectivity index (χ3n) is 4.65. The van der Waals surface area contributed by atoms with Crippen molar-refractivity contribution >= 4 is 5.52 Å². The number of hydrogen-bond acceptors (Lipinski definition) is 5. The number of nitriles is 1. The Bertz CT molecular complexity index is 942. The van der Waals surface area contributed by atoms with Crippen LogP contribution in [-0.2, 0) is 0 Å². The quantitative estimate of drug-likeness (QED) is 0.797. The van der Waals surface area contributed by atoms with Gasteiger partial charge in [-0.1, -0.05) is 0 Å². The van der Waals surface area contributed by atoms with Crippen molar-refractivity contribution in [3.8, 4) is 22.9 Å². The molecule has 7 heteroatoms. The minimum absolute atomic E-state index is 0.402. The molecule has 24 heavy (non-hydrogen) atoms. The van der Waals surface area contributed by atoms with E-state index in [4.69, 9.17) is 4.74 Å². The number of aromatic nitrogens is 4. The lowest BCUT2D eigenvalue weighted by molar-refractivity contribution is 0.417. The van der Waals surface area contributed by atoms with Gasteiger partial charge in [0.05, 0.1) is 25.5 Å². The van der Waals surface area contributed by atoms with Crippen molar-refractivity contribution in [2.45, 2.75) is 19.4 Å². The first-order chi connectivity index (χ1) is 11.7. The van der Waals surface area contributed by atoms with E-state index in [9.17, 15) is 5.26 Å². The Kier molecular flexibility index (Phi) is 3.47. The zero-order valence-electron chi connectivity index (χ0n) is 13.7. The van der Waals surface area contributed by atoms with Gasteiger partial charge in [0.2, 0.25) is 0 Å². The molecule has 1 atom stereocenters. The summed E-state index contributed by atoms with van der Waals surface area (Å²) in [6.07, 6.45) is 6.46. The van der Waals surface area contributed by atoms with E-state index in [2.05, 4.69) is 33.2 Å². The van der Waals surface area contributed by atoms with Crippen molar-refractivity contribution in [1.29, 1.82) is 5.26 Å². The normalized spacial score (nSPS) is 17.3. The summed E-state index contributed by atoms with van der Waals surface area (Å²) in [6, 6.07) is 4.50. The van der Waals surface area contributed by atoms with Gasteiger partial charge in [-0.2, -0.15) is 15.5 Å². The van der Waals surface area contributed by atoms with Crippen molar-refractivity contribution in [2.75, 3.05) is 20.2 Å². The summed E-state index contributed by atoms with van der Waals surface area (Å²) < 4.78 is 9.28. The molecule has 122 valence electrons. The van der Waals surface area contributed by atoms with E-state index < -0.39 is 0 Å². The first-order valence-corrected chi connectivity index (χ1v) is 7.93. The fourth-order valence-corrected chi connectivity index (χ4v) is 3.39. The third-order valence-corrected chi connectivity index (χ3v) is 4.65. The molecule has 4 rings (SSSR count). The van der Waals surface area contributed by atoms with E-state index in [0.717, 1.165) is 36.3 Å². The lowest BCUT2D eigenvalue weighted by Crippen LogP contribution is -2.15. The second kappa shape index (κ2) is 5.65. The molecule has 0 aliphatic carbocycles. The number of pyridine rings is 1. The lowest BCUT2D eigenvalue weighted by Gasteiger charge is -2.12. The number of ether oxygens (including phenoxy) is 1. The maximum atomic E-state index is 9.22. The van der Waals surface area contributed by atoms with Crippen LogP contribution in [0.2, 0.25) is 0 Å². The number of methoxy groups -OCH3 is 1. The van der Waals surface area contributed by atoms with Crippen LogP contribution in [0, 0.1) is 18.3 Å². The number of nitrogens with zero attached hydrogens (tertiary/aromatic N) is 5. The van der Waals surface area contributed by atoms with Crippen LogP contribution in [0.4, 0.5) is 0 Å². The van der Waals surface area contributed by atoms with Crippen LogP contribution in [0.3, 0.4) is 0 Å². The van der Waals surface area contributed by atoms with Crippen molar-refractivity contribution < 1.29 is 4.74 Å². The predicted molar refractivity (Wildman–Crippen MR) is 88.9 cm³/mol. The highest BCUT2D eigenvalue weighted by atomic mass is 16.5. The number of nitrogens with one attached hydrogen (secondary N) is 1. The van der Waals surface area contributed by atoms with E-state index in [1.807, 2.05) is 18.5 Å². The van der Waals surface area contributed by atoms with Crippen LogP contribution >= 0.6 is 0 Å². The monoisotopic (exact) mass is 322 g/mol. The summed E-state index contributed by atoms with van der Waals surface area (Å²) in [4.78, 5) is 0. The van der Waals surface area contributed by atoms with Crippen LogP contribution in [0.25, 0.3) is 16.6 Å². The van der Waals surface area contributed by atoms with Gasteiger partial charge in [-0.05, 0) is 26.0 Å². The molecule has 0 amide bonds. The fourth-order valence-electron chi connectivity index (χ4n) is 3.39. The predicted octanol–water partition coefficient (Wildman–Crippen LogP) is 1.92. The number of hydrogen-bond donors (Lipinski definition) is 1. The standard InChI is InChI=1S/C17H18N6O/c1-11-15(9-21-23(11)14-3-4-19-8-14)12-5-16(24-2)17-13(6-18)7-20-22(17)10-12/h5,7,9-10,14,19H,3-4,8H2,1-2H3/t14-/m1/s1. The van der Waals surface area contributed by atoms with Crippen LogP contribution < -0.4 is 10.1 Å². The SMILES string of the molecule is COc1cc(-c2cnn([C@@H]3CCNC3)c2C)cn2ncc(C#N)c12. The minimum Gasteiger partial charge on any atom is -0.494 e. The van der Waals surface area contributed by atoms with Gasteiger partial charge in [-0.15, -0.1) is 0 Å². The van der Waals surface area contributed by atoms with E-state index >= 15 is 0 Å². The molecule has 0 saturated carbocycles. The second-order valence-electron chi connectivity index (χ2n) is 6.00. The second-order valence-corrected chi connectivity index (χ2v) is 6.00. The molecular weight excluding hydrogens is 304 g/mol. The zero-order chi connectivity index (χ0) is 16.7. The minimum atomic E-state index is 0.402. The van der Waals surface area contributed by atoms with Crippen LogP contribution in [0.5, 0.6) is 5.75 Å². The molecular formula is C17H18N6O. The Labute approximate surface area is 139 Å². The van der Waals surface area contributed by atoms with Gasteiger partial charge >= 0.3 is 0 Å². The highest BCUT2D eigenvalue weighted by Gasteiger charge is 2.21. The van der Waals surface area contributed by atoms with Gasteiger partial charge in [-0.25, -0.2) is 4.52 Å². The molecule has 0 bridgehead atoms. The maximum Gasteiger partial charge on any atom is 0.146 e. The Morgan fingerprint density at radius 1 is 1.38 bits per heavy atom. The molecule has 1 saturated heterocycles. The van der Waals surface area contributed by atoms with E-state index in [0.29, 0.717) is 22.9 Å². The van der Waals surface area contributed by atoms with Crippen LogP contribution in [-0.4, -0.2) is 39.6 Å². The zero-order valence-corrected chi connectivity index (χ0v) is 13.7. The molecule has 1 N–H and O–H groups in total.